The second kappa shape index (κ2) is 11.0. The number of methoxy groups -OCH3 is 1. The number of hydrogen-bond acceptors (Lipinski definition) is 3. The molecule has 0 aliphatic rings. The van der Waals surface area contributed by atoms with Crippen molar-refractivity contribution in [3.05, 3.63) is 35.1 Å². The second-order valence-corrected chi connectivity index (χ2v) is 6.02. The van der Waals surface area contributed by atoms with Crippen molar-refractivity contribution in [1.82, 2.24) is 15.5 Å². The normalized spacial score (nSPS) is 13.2. The highest BCUT2D eigenvalue weighted by Crippen LogP contribution is 2.16. The summed E-state index contributed by atoms with van der Waals surface area (Å²) in [5, 5.41) is 6.59. The van der Waals surface area contributed by atoms with Crippen LogP contribution < -0.4 is 10.6 Å². The van der Waals surface area contributed by atoms with E-state index in [1.54, 1.807) is 33.2 Å². The van der Waals surface area contributed by atoms with Gasteiger partial charge >= 0.3 is 0 Å². The van der Waals surface area contributed by atoms with Gasteiger partial charge in [0.25, 0.3) is 0 Å². The number of hydrogen-bond donors (Lipinski definition) is 2. The topological polar surface area (TPSA) is 48.9 Å². The van der Waals surface area contributed by atoms with Crippen molar-refractivity contribution in [1.29, 1.82) is 0 Å². The summed E-state index contributed by atoms with van der Waals surface area (Å²) < 4.78 is 18.7. The predicted molar refractivity (Wildman–Crippen MR) is 98.0 cm³/mol. The summed E-state index contributed by atoms with van der Waals surface area (Å²) in [7, 11) is 5.54. The van der Waals surface area contributed by atoms with Crippen LogP contribution in [-0.4, -0.2) is 58.3 Å². The van der Waals surface area contributed by atoms with E-state index in [1.165, 1.54) is 0 Å². The third-order valence-corrected chi connectivity index (χ3v) is 3.96. The summed E-state index contributed by atoms with van der Waals surface area (Å²) in [5.41, 5.74) is 1.56. The Hall–Kier alpha value is -1.66. The molecule has 136 valence electrons. The summed E-state index contributed by atoms with van der Waals surface area (Å²) in [5.74, 6) is 0.547. The molecule has 0 saturated heterocycles. The van der Waals surface area contributed by atoms with Crippen LogP contribution in [0.1, 0.15) is 30.5 Å². The number of rotatable bonds is 9. The Balaban J connectivity index is 2.37. The Kier molecular flexibility index (Phi) is 9.34. The van der Waals surface area contributed by atoms with Crippen LogP contribution in [-0.2, 0) is 4.74 Å². The molecule has 0 radical (unpaired) electrons. The van der Waals surface area contributed by atoms with Crippen LogP contribution in [0.25, 0.3) is 0 Å². The molecule has 0 spiro atoms. The van der Waals surface area contributed by atoms with E-state index in [2.05, 4.69) is 27.6 Å². The van der Waals surface area contributed by atoms with Crippen LogP contribution in [0.2, 0.25) is 0 Å². The minimum absolute atomic E-state index is 0.0179. The number of ether oxygens (including phenoxy) is 1. The van der Waals surface area contributed by atoms with Gasteiger partial charge in [-0.3, -0.25) is 4.99 Å². The van der Waals surface area contributed by atoms with E-state index in [0.29, 0.717) is 5.56 Å². The summed E-state index contributed by atoms with van der Waals surface area (Å²) in [6.45, 7) is 7.26. The first kappa shape index (κ1) is 20.4. The number of likely N-dealkylation sites (N-methyl/N-ethyl adjacent to an activating group) is 1. The zero-order valence-corrected chi connectivity index (χ0v) is 15.5. The number of nitrogens with one attached hydrogen (secondary N) is 2. The Morgan fingerprint density at radius 3 is 2.75 bits per heavy atom. The average Bonchev–Trinajstić information content (AvgIpc) is 2.57. The standard InChI is InChI=1S/C18H31FN4O/c1-14-7-8-16(13-17(14)19)15(2)22-18(20-3)21-9-6-10-23(4)11-12-24-5/h7-8,13,15H,6,9-12H2,1-5H3,(H2,20,21,22). The number of aliphatic imine (C=N–C) groups is 1. The van der Waals surface area contributed by atoms with Gasteiger partial charge < -0.3 is 20.3 Å². The molecule has 1 unspecified atom stereocenters. The monoisotopic (exact) mass is 338 g/mol. The number of aryl methyl sites for hydroxylation is 1. The van der Waals surface area contributed by atoms with Crippen molar-refractivity contribution in [2.45, 2.75) is 26.3 Å². The molecule has 5 nitrogen and oxygen atoms in total. The van der Waals surface area contributed by atoms with Crippen molar-refractivity contribution in [3.8, 4) is 0 Å². The predicted octanol–water partition coefficient (Wildman–Crippen LogP) is 2.33. The van der Waals surface area contributed by atoms with E-state index in [-0.39, 0.29) is 11.9 Å². The van der Waals surface area contributed by atoms with E-state index in [1.807, 2.05) is 13.0 Å². The summed E-state index contributed by atoms with van der Waals surface area (Å²) >= 11 is 0. The zero-order chi connectivity index (χ0) is 17.9. The lowest BCUT2D eigenvalue weighted by atomic mass is 10.1. The van der Waals surface area contributed by atoms with Crippen molar-refractivity contribution < 1.29 is 9.13 Å². The van der Waals surface area contributed by atoms with Gasteiger partial charge in [-0.25, -0.2) is 4.39 Å². The number of nitrogens with zero attached hydrogens (tertiary/aromatic N) is 2. The molecule has 0 heterocycles. The summed E-state index contributed by atoms with van der Waals surface area (Å²) in [6.07, 6.45) is 1.01. The SMILES string of the molecule is CN=C(NCCCN(C)CCOC)NC(C)c1ccc(C)c(F)c1. The maximum absolute atomic E-state index is 13.7. The summed E-state index contributed by atoms with van der Waals surface area (Å²) in [6, 6.07) is 5.30. The van der Waals surface area contributed by atoms with Gasteiger partial charge in [-0.05, 0) is 51.1 Å². The van der Waals surface area contributed by atoms with Crippen molar-refractivity contribution in [2.75, 3.05) is 47.4 Å². The lowest BCUT2D eigenvalue weighted by molar-refractivity contribution is 0.161. The molecule has 24 heavy (non-hydrogen) atoms. The van der Waals surface area contributed by atoms with Gasteiger partial charge in [-0.15, -0.1) is 0 Å². The number of benzene rings is 1. The maximum atomic E-state index is 13.7. The van der Waals surface area contributed by atoms with Crippen molar-refractivity contribution in [2.24, 2.45) is 4.99 Å². The van der Waals surface area contributed by atoms with Gasteiger partial charge in [0.15, 0.2) is 5.96 Å². The van der Waals surface area contributed by atoms with Gasteiger partial charge in [0, 0.05) is 27.2 Å². The first-order valence-corrected chi connectivity index (χ1v) is 8.38. The quantitative estimate of drug-likeness (QED) is 0.412. The average molecular weight is 338 g/mol. The van der Waals surface area contributed by atoms with Gasteiger partial charge in [-0.2, -0.15) is 0 Å². The highest BCUT2D eigenvalue weighted by Gasteiger charge is 2.09. The molecule has 0 fully saturated rings. The molecule has 6 heteroatoms. The molecule has 0 aliphatic carbocycles. The van der Waals surface area contributed by atoms with Gasteiger partial charge in [-0.1, -0.05) is 12.1 Å². The number of halogens is 1. The van der Waals surface area contributed by atoms with Crippen molar-refractivity contribution >= 4 is 5.96 Å². The van der Waals surface area contributed by atoms with Crippen LogP contribution in [0.3, 0.4) is 0 Å². The summed E-state index contributed by atoms with van der Waals surface area (Å²) in [4.78, 5) is 6.46. The third-order valence-electron chi connectivity index (χ3n) is 3.96. The molecule has 0 aromatic heterocycles. The van der Waals surface area contributed by atoms with E-state index < -0.39 is 0 Å². The van der Waals surface area contributed by atoms with Crippen molar-refractivity contribution in [3.63, 3.8) is 0 Å². The van der Waals surface area contributed by atoms with Crippen LogP contribution >= 0.6 is 0 Å². The van der Waals surface area contributed by atoms with Crippen LogP contribution in [0.4, 0.5) is 4.39 Å². The first-order chi connectivity index (χ1) is 11.5. The fourth-order valence-corrected chi connectivity index (χ4v) is 2.28. The molecule has 1 atom stereocenters. The molecule has 1 aromatic rings. The van der Waals surface area contributed by atoms with Gasteiger partial charge in [0.1, 0.15) is 5.82 Å². The second-order valence-electron chi connectivity index (χ2n) is 6.02. The molecule has 0 amide bonds. The lowest BCUT2D eigenvalue weighted by Crippen LogP contribution is -2.40. The lowest BCUT2D eigenvalue weighted by Gasteiger charge is -2.20. The molecule has 0 aliphatic heterocycles. The Morgan fingerprint density at radius 2 is 2.12 bits per heavy atom. The van der Waals surface area contributed by atoms with E-state index in [9.17, 15) is 4.39 Å². The third kappa shape index (κ3) is 7.27. The van der Waals surface area contributed by atoms with Crippen LogP contribution in [0.15, 0.2) is 23.2 Å². The molecular formula is C18H31FN4O. The molecular weight excluding hydrogens is 307 g/mol. The molecule has 0 bridgehead atoms. The van der Waals surface area contributed by atoms with E-state index >= 15 is 0 Å². The van der Waals surface area contributed by atoms with E-state index in [0.717, 1.165) is 44.2 Å². The fraction of sp³-hybridized carbons (Fsp3) is 0.611. The molecule has 2 N–H and O–H groups in total. The highest BCUT2D eigenvalue weighted by atomic mass is 19.1. The molecule has 1 aromatic carbocycles. The zero-order valence-electron chi connectivity index (χ0n) is 15.5. The first-order valence-electron chi connectivity index (χ1n) is 8.38. The largest absolute Gasteiger partial charge is 0.383 e. The minimum Gasteiger partial charge on any atom is -0.383 e. The Bertz CT molecular complexity index is 522. The fourth-order valence-electron chi connectivity index (χ4n) is 2.28. The Morgan fingerprint density at radius 1 is 1.38 bits per heavy atom. The van der Waals surface area contributed by atoms with Crippen LogP contribution in [0, 0.1) is 12.7 Å². The molecule has 0 saturated carbocycles. The maximum Gasteiger partial charge on any atom is 0.191 e. The highest BCUT2D eigenvalue weighted by molar-refractivity contribution is 5.80. The van der Waals surface area contributed by atoms with Gasteiger partial charge in [0.2, 0.25) is 0 Å². The van der Waals surface area contributed by atoms with E-state index in [4.69, 9.17) is 4.74 Å². The molecule has 1 rings (SSSR count). The number of guanidine groups is 1. The van der Waals surface area contributed by atoms with Crippen LogP contribution in [0.5, 0.6) is 0 Å². The Labute approximate surface area is 145 Å². The smallest absolute Gasteiger partial charge is 0.191 e. The van der Waals surface area contributed by atoms with Gasteiger partial charge in [0.05, 0.1) is 12.6 Å². The minimum atomic E-state index is -0.178.